The molecule has 3 rings (SSSR count). The number of aryl methyl sites for hydroxylation is 2. The largest absolute Gasteiger partial charge is 0.445 e. The smallest absolute Gasteiger partial charge is 0.215 e. The van der Waals surface area contributed by atoms with Crippen molar-refractivity contribution in [2.75, 3.05) is 6.54 Å². The van der Waals surface area contributed by atoms with E-state index in [1.807, 2.05) is 61.5 Å². The summed E-state index contributed by atoms with van der Waals surface area (Å²) in [5.41, 5.74) is 3.60. The SMILES string of the molecule is Cc1ccc(CS(=O)(=O)NCCc2oc(C)nc2-c2ccccc2)cc1. The van der Waals surface area contributed by atoms with Crippen molar-refractivity contribution in [3.8, 4) is 11.3 Å². The van der Waals surface area contributed by atoms with Crippen molar-refractivity contribution in [2.45, 2.75) is 26.0 Å². The second-order valence-corrected chi connectivity index (χ2v) is 8.07. The molecule has 1 aromatic heterocycles. The average molecular weight is 370 g/mol. The lowest BCUT2D eigenvalue weighted by Gasteiger charge is -2.07. The fourth-order valence-corrected chi connectivity index (χ4v) is 3.88. The molecule has 6 heteroatoms. The van der Waals surface area contributed by atoms with E-state index in [1.165, 1.54) is 0 Å². The molecule has 0 atom stereocenters. The fourth-order valence-electron chi connectivity index (χ4n) is 2.74. The maximum absolute atomic E-state index is 12.3. The quantitative estimate of drug-likeness (QED) is 0.689. The van der Waals surface area contributed by atoms with Crippen LogP contribution in [0.5, 0.6) is 0 Å². The van der Waals surface area contributed by atoms with Crippen LogP contribution in [0.2, 0.25) is 0 Å². The number of benzene rings is 2. The molecule has 0 fully saturated rings. The Morgan fingerprint density at radius 1 is 1.00 bits per heavy atom. The summed E-state index contributed by atoms with van der Waals surface area (Å²) in [5, 5.41) is 0. The first kappa shape index (κ1) is 18.4. The van der Waals surface area contributed by atoms with Crippen LogP contribution in [0.15, 0.2) is 59.0 Å². The first-order chi connectivity index (χ1) is 12.4. The van der Waals surface area contributed by atoms with Crippen molar-refractivity contribution in [2.24, 2.45) is 0 Å². The van der Waals surface area contributed by atoms with Gasteiger partial charge in [0.25, 0.3) is 0 Å². The van der Waals surface area contributed by atoms with E-state index in [1.54, 1.807) is 6.92 Å². The molecule has 5 nitrogen and oxygen atoms in total. The van der Waals surface area contributed by atoms with Gasteiger partial charge in [-0.25, -0.2) is 18.1 Å². The molecule has 0 aliphatic rings. The lowest BCUT2D eigenvalue weighted by Crippen LogP contribution is -2.27. The Balaban J connectivity index is 1.64. The molecule has 0 aliphatic heterocycles. The van der Waals surface area contributed by atoms with E-state index in [-0.39, 0.29) is 12.3 Å². The van der Waals surface area contributed by atoms with Crippen molar-refractivity contribution >= 4 is 10.0 Å². The van der Waals surface area contributed by atoms with E-state index >= 15 is 0 Å². The number of sulfonamides is 1. The van der Waals surface area contributed by atoms with Crippen LogP contribution in [0.1, 0.15) is 22.8 Å². The number of rotatable bonds is 7. The summed E-state index contributed by atoms with van der Waals surface area (Å²) >= 11 is 0. The maximum Gasteiger partial charge on any atom is 0.215 e. The third kappa shape index (κ3) is 4.80. The van der Waals surface area contributed by atoms with E-state index < -0.39 is 10.0 Å². The highest BCUT2D eigenvalue weighted by Crippen LogP contribution is 2.24. The second kappa shape index (κ2) is 7.85. The molecule has 0 amide bonds. The van der Waals surface area contributed by atoms with Gasteiger partial charge < -0.3 is 4.42 Å². The minimum Gasteiger partial charge on any atom is -0.445 e. The number of nitrogens with one attached hydrogen (secondary N) is 1. The highest BCUT2D eigenvalue weighted by Gasteiger charge is 2.15. The van der Waals surface area contributed by atoms with Gasteiger partial charge in [0.1, 0.15) is 11.5 Å². The highest BCUT2D eigenvalue weighted by molar-refractivity contribution is 7.88. The van der Waals surface area contributed by atoms with Crippen molar-refractivity contribution in [3.63, 3.8) is 0 Å². The predicted molar refractivity (Wildman–Crippen MR) is 102 cm³/mol. The van der Waals surface area contributed by atoms with Gasteiger partial charge in [-0.1, -0.05) is 60.2 Å². The van der Waals surface area contributed by atoms with Gasteiger partial charge in [-0.3, -0.25) is 0 Å². The summed E-state index contributed by atoms with van der Waals surface area (Å²) < 4.78 is 32.9. The predicted octanol–water partition coefficient (Wildman–Crippen LogP) is 3.62. The molecule has 0 bridgehead atoms. The standard InChI is InChI=1S/C20H22N2O3S/c1-15-8-10-17(11-9-15)14-26(23,24)21-13-12-19-20(22-16(2)25-19)18-6-4-3-5-7-18/h3-11,21H,12-14H2,1-2H3. The molecule has 3 aromatic rings. The Morgan fingerprint density at radius 2 is 1.69 bits per heavy atom. The maximum atomic E-state index is 12.3. The minimum atomic E-state index is -3.40. The summed E-state index contributed by atoms with van der Waals surface area (Å²) in [6.07, 6.45) is 0.443. The lowest BCUT2D eigenvalue weighted by atomic mass is 10.1. The summed E-state index contributed by atoms with van der Waals surface area (Å²) in [5.74, 6) is 1.22. The van der Waals surface area contributed by atoms with Crippen LogP contribution in [0.4, 0.5) is 0 Å². The van der Waals surface area contributed by atoms with Crippen LogP contribution in [0, 0.1) is 13.8 Å². The topological polar surface area (TPSA) is 72.2 Å². The van der Waals surface area contributed by atoms with Gasteiger partial charge in [0.05, 0.1) is 5.75 Å². The van der Waals surface area contributed by atoms with Gasteiger partial charge in [0.2, 0.25) is 10.0 Å². The average Bonchev–Trinajstić information content (AvgIpc) is 2.98. The van der Waals surface area contributed by atoms with Gasteiger partial charge in [-0.2, -0.15) is 0 Å². The Hall–Kier alpha value is -2.44. The molecular formula is C20H22N2O3S. The Kier molecular flexibility index (Phi) is 5.54. The molecule has 26 heavy (non-hydrogen) atoms. The molecule has 0 saturated heterocycles. The lowest BCUT2D eigenvalue weighted by molar-refractivity contribution is 0.473. The van der Waals surface area contributed by atoms with E-state index in [0.29, 0.717) is 18.1 Å². The van der Waals surface area contributed by atoms with Crippen LogP contribution >= 0.6 is 0 Å². The molecule has 1 N–H and O–H groups in total. The Bertz CT molecular complexity index is 962. The first-order valence-electron chi connectivity index (χ1n) is 8.47. The zero-order valence-electron chi connectivity index (χ0n) is 14.9. The third-order valence-electron chi connectivity index (χ3n) is 4.00. The van der Waals surface area contributed by atoms with Crippen molar-refractivity contribution in [3.05, 3.63) is 77.4 Å². The molecule has 136 valence electrons. The summed E-state index contributed by atoms with van der Waals surface area (Å²) in [4.78, 5) is 4.43. The Labute approximate surface area is 154 Å². The van der Waals surface area contributed by atoms with Crippen LogP contribution in [0.3, 0.4) is 0 Å². The van der Waals surface area contributed by atoms with Gasteiger partial charge in [-0.15, -0.1) is 0 Å². The normalized spacial score (nSPS) is 11.6. The molecule has 1 heterocycles. The molecule has 0 aliphatic carbocycles. The summed E-state index contributed by atoms with van der Waals surface area (Å²) in [6.45, 7) is 4.03. The summed E-state index contributed by atoms with van der Waals surface area (Å²) in [7, 11) is -3.40. The molecule has 0 saturated carbocycles. The van der Waals surface area contributed by atoms with Crippen LogP contribution in [-0.2, 0) is 22.2 Å². The van der Waals surface area contributed by atoms with Crippen LogP contribution < -0.4 is 4.72 Å². The Morgan fingerprint density at radius 3 is 2.38 bits per heavy atom. The molecule has 0 radical (unpaired) electrons. The molecule has 0 spiro atoms. The van der Waals surface area contributed by atoms with Crippen molar-refractivity contribution < 1.29 is 12.8 Å². The van der Waals surface area contributed by atoms with Crippen LogP contribution in [0.25, 0.3) is 11.3 Å². The molecular weight excluding hydrogens is 348 g/mol. The van der Waals surface area contributed by atoms with Gasteiger partial charge in [-0.05, 0) is 12.5 Å². The van der Waals surface area contributed by atoms with Gasteiger partial charge in [0.15, 0.2) is 5.89 Å². The number of nitrogens with zero attached hydrogens (tertiary/aromatic N) is 1. The second-order valence-electron chi connectivity index (χ2n) is 6.26. The number of hydrogen-bond acceptors (Lipinski definition) is 4. The minimum absolute atomic E-state index is 0.0335. The van der Waals surface area contributed by atoms with Gasteiger partial charge in [0, 0.05) is 25.5 Å². The van der Waals surface area contributed by atoms with E-state index in [9.17, 15) is 8.42 Å². The molecule has 2 aromatic carbocycles. The summed E-state index contributed by atoms with van der Waals surface area (Å²) in [6, 6.07) is 17.2. The third-order valence-corrected chi connectivity index (χ3v) is 5.36. The fraction of sp³-hybridized carbons (Fsp3) is 0.250. The number of oxazole rings is 1. The highest BCUT2D eigenvalue weighted by atomic mass is 32.2. The monoisotopic (exact) mass is 370 g/mol. The van der Waals surface area contributed by atoms with Crippen molar-refractivity contribution in [1.82, 2.24) is 9.71 Å². The van der Waals surface area contributed by atoms with Gasteiger partial charge >= 0.3 is 0 Å². The first-order valence-corrected chi connectivity index (χ1v) is 10.1. The molecule has 0 unspecified atom stereocenters. The van der Waals surface area contributed by atoms with Crippen LogP contribution in [-0.4, -0.2) is 19.9 Å². The zero-order chi connectivity index (χ0) is 18.6. The van der Waals surface area contributed by atoms with E-state index in [0.717, 1.165) is 22.4 Å². The zero-order valence-corrected chi connectivity index (χ0v) is 15.7. The number of aromatic nitrogens is 1. The van der Waals surface area contributed by atoms with Crippen molar-refractivity contribution in [1.29, 1.82) is 0 Å². The number of hydrogen-bond donors (Lipinski definition) is 1. The van der Waals surface area contributed by atoms with E-state index in [2.05, 4.69) is 9.71 Å². The van der Waals surface area contributed by atoms with E-state index in [4.69, 9.17) is 4.42 Å².